The Hall–Kier alpha value is -1.96. The van der Waals surface area contributed by atoms with Crippen LogP contribution in [0.1, 0.15) is 14.5 Å². The van der Waals surface area contributed by atoms with Crippen LogP contribution in [0.25, 0.3) is 10.2 Å². The monoisotopic (exact) mass is 230 g/mol. The Morgan fingerprint density at radius 1 is 1.73 bits per heavy atom. The average molecular weight is 230 g/mol. The van der Waals surface area contributed by atoms with Crippen LogP contribution in [0.3, 0.4) is 0 Å². The number of methoxy groups -OCH3 is 1. The second-order valence-electron chi connectivity index (χ2n) is 2.47. The quantitative estimate of drug-likeness (QED) is 0.687. The number of esters is 1. The maximum absolute atomic E-state index is 11.6. The Labute approximate surface area is 90.8 Å². The van der Waals surface area contributed by atoms with E-state index in [0.29, 0.717) is 11.5 Å². The lowest BCUT2D eigenvalue weighted by Crippen LogP contribution is -2.11. The number of hydrogen-bond donors (Lipinski definition) is 1. The first-order chi connectivity index (χ1) is 8.29. The largest absolute Gasteiger partial charge is 0.465 e. The van der Waals surface area contributed by atoms with Crippen molar-refractivity contribution in [1.29, 1.82) is 0 Å². The number of nitrogens with two attached hydrogens (primary N) is 1. The van der Waals surface area contributed by atoms with Crippen LogP contribution in [0.5, 0.6) is 0 Å². The number of anilines is 1. The summed E-state index contributed by atoms with van der Waals surface area (Å²) in [5.74, 6) is -1.76. The van der Waals surface area contributed by atoms with Crippen LogP contribution in [-0.4, -0.2) is 22.6 Å². The van der Waals surface area contributed by atoms with Crippen LogP contribution in [-0.2, 0) is 4.74 Å². The molecule has 15 heavy (non-hydrogen) atoms. The molecular weight excluding hydrogens is 222 g/mol. The molecule has 0 saturated heterocycles. The summed E-state index contributed by atoms with van der Waals surface area (Å²) in [7, 11) is -2.93. The van der Waals surface area contributed by atoms with Crippen molar-refractivity contribution in [3.8, 4) is 0 Å². The number of fused-ring (bicyclic) bond motifs is 1. The third-order valence-electron chi connectivity index (χ3n) is 1.65. The number of carbonyl (C=O) groups excluding carboxylic acids is 1. The van der Waals surface area contributed by atoms with Crippen LogP contribution in [0.15, 0.2) is 9.21 Å². The van der Waals surface area contributed by atoms with Gasteiger partial charge in [0.15, 0.2) is 5.52 Å². The van der Waals surface area contributed by atoms with Crippen LogP contribution < -0.4 is 11.4 Å². The van der Waals surface area contributed by atoms with Crippen LogP contribution >= 0.6 is 11.5 Å². The lowest BCUT2D eigenvalue weighted by molar-refractivity contribution is 0.0602. The van der Waals surface area contributed by atoms with Gasteiger partial charge in [0.2, 0.25) is 5.88 Å². The van der Waals surface area contributed by atoms with E-state index in [0.717, 1.165) is 0 Å². The van der Waals surface area contributed by atoms with Crippen LogP contribution in [0.2, 0.25) is 0 Å². The van der Waals surface area contributed by atoms with Crippen molar-refractivity contribution in [2.45, 2.75) is 0 Å². The highest BCUT2D eigenvalue weighted by atomic mass is 32.1. The zero-order valence-corrected chi connectivity index (χ0v) is 7.83. The molecule has 8 heteroatoms. The number of nitrogen functional groups attached to an aromatic ring is 1. The lowest BCUT2D eigenvalue weighted by Gasteiger charge is -2.01. The fourth-order valence-corrected chi connectivity index (χ4v) is 1.73. The Bertz CT molecular complexity index is 677. The summed E-state index contributed by atoms with van der Waals surface area (Å²) in [6.45, 7) is 0. The fraction of sp³-hybridized carbons (Fsp3) is 0.143. The minimum atomic E-state index is -2.93. The second kappa shape index (κ2) is 3.31. The van der Waals surface area contributed by atoms with Crippen molar-refractivity contribution < 1.29 is 18.1 Å². The summed E-state index contributed by atoms with van der Waals surface area (Å²) in [4.78, 5) is 22.9. The zero-order valence-electron chi connectivity index (χ0n) is 10.0. The first kappa shape index (κ1) is 6.51. The molecule has 0 atom stereocenters. The Morgan fingerprint density at radius 3 is 3.27 bits per heavy atom. The van der Waals surface area contributed by atoms with E-state index in [2.05, 4.69) is 18.7 Å². The molecule has 0 aromatic carbocycles. The molecule has 0 bridgehead atoms. The molecule has 0 radical (unpaired) electrons. The van der Waals surface area contributed by atoms with Gasteiger partial charge in [-0.2, -0.15) is 0 Å². The van der Waals surface area contributed by atoms with E-state index >= 15 is 0 Å². The Balaban J connectivity index is 2.61. The van der Waals surface area contributed by atoms with Gasteiger partial charge < -0.3 is 14.9 Å². The molecule has 0 unspecified atom stereocenters. The van der Waals surface area contributed by atoms with Gasteiger partial charge in [0.05, 0.1) is 11.2 Å². The second-order valence-corrected chi connectivity index (χ2v) is 3.22. The van der Waals surface area contributed by atoms with E-state index in [4.69, 9.17) is 9.85 Å². The average Bonchev–Trinajstić information content (AvgIpc) is 2.63. The number of aromatic nitrogens is 2. The Kier molecular flexibility index (Phi) is 1.44. The van der Waals surface area contributed by atoms with Gasteiger partial charge >= 0.3 is 11.6 Å². The van der Waals surface area contributed by atoms with E-state index in [1.54, 1.807) is 0 Å². The first-order valence-electron chi connectivity index (χ1n) is 5.07. The summed E-state index contributed by atoms with van der Waals surface area (Å²) < 4.78 is 32.7. The predicted molar refractivity (Wildman–Crippen MR) is 51.7 cm³/mol. The van der Waals surface area contributed by atoms with Crippen molar-refractivity contribution in [2.24, 2.45) is 0 Å². The molecule has 0 amide bonds. The molecule has 7 nitrogen and oxygen atoms in total. The first-order valence-corrected chi connectivity index (χ1v) is 4.35. The smallest absolute Gasteiger partial charge is 0.367 e. The van der Waals surface area contributed by atoms with E-state index in [9.17, 15) is 9.59 Å². The van der Waals surface area contributed by atoms with Gasteiger partial charge in [0, 0.05) is 0 Å². The maximum atomic E-state index is 11.6. The highest BCUT2D eigenvalue weighted by molar-refractivity contribution is 7.13. The van der Waals surface area contributed by atoms with Crippen molar-refractivity contribution in [1.82, 2.24) is 9.59 Å². The fourth-order valence-electron chi connectivity index (χ4n) is 1.04. The van der Waals surface area contributed by atoms with E-state index in [1.165, 1.54) is 0 Å². The lowest BCUT2D eigenvalue weighted by atomic mass is 10.2. The normalized spacial score (nSPS) is 14.3. The van der Waals surface area contributed by atoms with E-state index in [1.807, 2.05) is 0 Å². The highest BCUT2D eigenvalue weighted by Crippen LogP contribution is 2.23. The molecule has 0 spiro atoms. The molecule has 0 aliphatic heterocycles. The molecule has 0 aliphatic rings. The third kappa shape index (κ3) is 1.34. The SMILES string of the molecule is [2H]C([2H])([2H])OC(=O)c1c(N)oc(=O)c2nnsc12. The molecule has 2 aromatic heterocycles. The summed E-state index contributed by atoms with van der Waals surface area (Å²) in [5, 5.41) is 3.46. The van der Waals surface area contributed by atoms with Gasteiger partial charge in [-0.3, -0.25) is 0 Å². The van der Waals surface area contributed by atoms with Crippen molar-refractivity contribution in [3.63, 3.8) is 0 Å². The predicted octanol–water partition coefficient (Wildman–Crippen LogP) is 0.0133. The van der Waals surface area contributed by atoms with Gasteiger partial charge in [0.25, 0.3) is 0 Å². The Morgan fingerprint density at radius 2 is 2.53 bits per heavy atom. The summed E-state index contributed by atoms with van der Waals surface area (Å²) in [5.41, 5.74) is 3.94. The molecule has 2 N–H and O–H groups in total. The molecule has 2 heterocycles. The number of ether oxygens (including phenoxy) is 1. The van der Waals surface area contributed by atoms with Crippen molar-refractivity contribution in [2.75, 3.05) is 12.8 Å². The minimum Gasteiger partial charge on any atom is -0.465 e. The molecule has 2 rings (SSSR count). The van der Waals surface area contributed by atoms with Crippen LogP contribution in [0.4, 0.5) is 5.88 Å². The maximum Gasteiger partial charge on any atom is 0.367 e. The number of carbonyl (C=O) groups is 1. The van der Waals surface area contributed by atoms with Gasteiger partial charge in [-0.1, -0.05) is 4.49 Å². The number of hydrogen-bond acceptors (Lipinski definition) is 8. The molecule has 78 valence electrons. The summed E-state index contributed by atoms with van der Waals surface area (Å²) in [6, 6.07) is 0. The van der Waals surface area contributed by atoms with Crippen molar-refractivity contribution >= 4 is 33.6 Å². The minimum absolute atomic E-state index is 0.0259. The highest BCUT2D eigenvalue weighted by Gasteiger charge is 2.21. The standard InChI is InChI=1S/C7H5N3O4S/c1-13-6(11)2-4-3(9-10-15-4)7(12)14-5(2)8/h8H2,1H3/i1D3. The molecule has 0 aliphatic carbocycles. The van der Waals surface area contributed by atoms with Gasteiger partial charge in [-0.05, 0) is 11.5 Å². The number of nitrogens with zero attached hydrogens (tertiary/aromatic N) is 2. The summed E-state index contributed by atoms with van der Waals surface area (Å²) in [6.07, 6.45) is 0. The van der Waals surface area contributed by atoms with E-state index < -0.39 is 24.5 Å². The van der Waals surface area contributed by atoms with Gasteiger partial charge in [0.1, 0.15) is 10.3 Å². The molecule has 2 aromatic rings. The van der Waals surface area contributed by atoms with Crippen molar-refractivity contribution in [3.05, 3.63) is 16.0 Å². The van der Waals surface area contributed by atoms with Gasteiger partial charge in [-0.15, -0.1) is 5.10 Å². The topological polar surface area (TPSA) is 108 Å². The van der Waals surface area contributed by atoms with E-state index in [-0.39, 0.29) is 15.8 Å². The molecular formula is C7H5N3O4S. The van der Waals surface area contributed by atoms with Crippen LogP contribution in [0, 0.1) is 0 Å². The zero-order chi connectivity index (χ0) is 13.5. The molecule has 0 fully saturated rings. The van der Waals surface area contributed by atoms with Gasteiger partial charge in [-0.25, -0.2) is 9.59 Å². The summed E-state index contributed by atoms with van der Waals surface area (Å²) >= 11 is 0.711. The molecule has 0 saturated carbocycles. The number of rotatable bonds is 1. The third-order valence-corrected chi connectivity index (χ3v) is 2.40.